The molecule has 0 aromatic heterocycles. The predicted octanol–water partition coefficient (Wildman–Crippen LogP) is 2.61. The van der Waals surface area contributed by atoms with Crippen molar-refractivity contribution in [2.45, 2.75) is 6.61 Å². The third-order valence-electron chi connectivity index (χ3n) is 1.77. The van der Waals surface area contributed by atoms with E-state index in [1.54, 1.807) is 6.08 Å². The number of alkyl halides is 1. The van der Waals surface area contributed by atoms with Gasteiger partial charge in [0.1, 0.15) is 12.5 Å². The molecule has 0 aliphatic heterocycles. The van der Waals surface area contributed by atoms with Crippen LogP contribution < -0.4 is 0 Å². The van der Waals surface area contributed by atoms with Gasteiger partial charge in [0, 0.05) is 0 Å². The van der Waals surface area contributed by atoms with Gasteiger partial charge in [-0.15, -0.1) is 11.6 Å². The number of esters is 1. The van der Waals surface area contributed by atoms with Crippen LogP contribution in [0, 0.1) is 0 Å². The van der Waals surface area contributed by atoms with Gasteiger partial charge in [0.05, 0.1) is 0 Å². The molecule has 1 rings (SSSR count). The van der Waals surface area contributed by atoms with E-state index >= 15 is 0 Å². The highest BCUT2D eigenvalue weighted by atomic mass is 35.5. The molecule has 1 aromatic carbocycles. The molecule has 0 atom stereocenters. The van der Waals surface area contributed by atoms with Crippen molar-refractivity contribution in [3.05, 3.63) is 42.0 Å². The third-order valence-corrected chi connectivity index (χ3v) is 1.99. The fourth-order valence-corrected chi connectivity index (χ4v) is 1.14. The van der Waals surface area contributed by atoms with Crippen molar-refractivity contribution < 1.29 is 9.53 Å². The van der Waals surface area contributed by atoms with E-state index in [2.05, 4.69) is 6.58 Å². The monoisotopic (exact) mass is 210 g/mol. The molecule has 0 spiro atoms. The van der Waals surface area contributed by atoms with Crippen molar-refractivity contribution in [2.24, 2.45) is 0 Å². The highest BCUT2D eigenvalue weighted by Crippen LogP contribution is 2.11. The first-order chi connectivity index (χ1) is 6.77. The maximum Gasteiger partial charge on any atom is 0.321 e. The predicted molar refractivity (Wildman–Crippen MR) is 57.0 cm³/mol. The van der Waals surface area contributed by atoms with Crippen LogP contribution in [0.1, 0.15) is 11.1 Å². The molecule has 0 aliphatic rings. The van der Waals surface area contributed by atoms with E-state index in [0.29, 0.717) is 0 Å². The molecule has 2 nitrogen and oxygen atoms in total. The zero-order valence-corrected chi connectivity index (χ0v) is 8.46. The summed E-state index contributed by atoms with van der Waals surface area (Å²) >= 11 is 5.30. The van der Waals surface area contributed by atoms with Gasteiger partial charge >= 0.3 is 5.97 Å². The fourth-order valence-electron chi connectivity index (χ4n) is 1.06. The molecule has 0 aliphatic carbocycles. The second-order valence-corrected chi connectivity index (χ2v) is 2.96. The number of halogens is 1. The molecule has 1 aromatic rings. The van der Waals surface area contributed by atoms with E-state index in [-0.39, 0.29) is 12.5 Å². The average molecular weight is 211 g/mol. The SMILES string of the molecule is C=Cc1ccccc1COC(=O)CCl. The summed E-state index contributed by atoms with van der Waals surface area (Å²) in [5, 5.41) is 0. The van der Waals surface area contributed by atoms with Gasteiger partial charge in [-0.1, -0.05) is 36.9 Å². The minimum atomic E-state index is -0.412. The van der Waals surface area contributed by atoms with Crippen molar-refractivity contribution in [2.75, 3.05) is 5.88 Å². The Morgan fingerprint density at radius 3 is 2.86 bits per heavy atom. The Balaban J connectivity index is 2.66. The van der Waals surface area contributed by atoms with E-state index in [4.69, 9.17) is 16.3 Å². The largest absolute Gasteiger partial charge is 0.460 e. The standard InChI is InChI=1S/C11H11ClO2/c1-2-9-5-3-4-6-10(9)8-14-11(13)7-12/h2-6H,1,7-8H2. The Kier molecular flexibility index (Phi) is 4.20. The number of benzene rings is 1. The first kappa shape index (κ1) is 10.8. The lowest BCUT2D eigenvalue weighted by molar-refractivity contribution is -0.141. The fraction of sp³-hybridized carbons (Fsp3) is 0.182. The summed E-state index contributed by atoms with van der Waals surface area (Å²) in [6, 6.07) is 7.59. The maximum atomic E-state index is 10.8. The lowest BCUT2D eigenvalue weighted by Gasteiger charge is -2.05. The zero-order chi connectivity index (χ0) is 10.4. The van der Waals surface area contributed by atoms with E-state index in [9.17, 15) is 4.79 Å². The van der Waals surface area contributed by atoms with Crippen LogP contribution in [0.25, 0.3) is 6.08 Å². The van der Waals surface area contributed by atoms with Gasteiger partial charge in [0.25, 0.3) is 0 Å². The highest BCUT2D eigenvalue weighted by molar-refractivity contribution is 6.26. The Labute approximate surface area is 88.1 Å². The van der Waals surface area contributed by atoms with Crippen molar-refractivity contribution in [3.8, 4) is 0 Å². The summed E-state index contributed by atoms with van der Waals surface area (Å²) in [6.45, 7) is 3.92. The lowest BCUT2D eigenvalue weighted by atomic mass is 10.1. The smallest absolute Gasteiger partial charge is 0.321 e. The summed E-state index contributed by atoms with van der Waals surface area (Å²) in [6.07, 6.45) is 1.73. The summed E-state index contributed by atoms with van der Waals surface area (Å²) in [4.78, 5) is 10.8. The normalized spacial score (nSPS) is 9.50. The van der Waals surface area contributed by atoms with Gasteiger partial charge < -0.3 is 4.74 Å². The van der Waals surface area contributed by atoms with Crippen molar-refractivity contribution >= 4 is 23.6 Å². The molecule has 0 saturated carbocycles. The van der Waals surface area contributed by atoms with Gasteiger partial charge in [0.2, 0.25) is 0 Å². The molecule has 0 heterocycles. The van der Waals surface area contributed by atoms with E-state index < -0.39 is 5.97 Å². The van der Waals surface area contributed by atoms with Gasteiger partial charge in [-0.25, -0.2) is 0 Å². The van der Waals surface area contributed by atoms with Crippen LogP contribution in [0.5, 0.6) is 0 Å². The number of ether oxygens (including phenoxy) is 1. The number of rotatable bonds is 4. The number of hydrogen-bond donors (Lipinski definition) is 0. The third kappa shape index (κ3) is 2.89. The van der Waals surface area contributed by atoms with Crippen molar-refractivity contribution in [1.29, 1.82) is 0 Å². The summed E-state index contributed by atoms with van der Waals surface area (Å²) in [5.74, 6) is -0.526. The molecular weight excluding hydrogens is 200 g/mol. The van der Waals surface area contributed by atoms with E-state index in [1.807, 2.05) is 24.3 Å². The molecule has 0 fully saturated rings. The molecule has 0 bridgehead atoms. The van der Waals surface area contributed by atoms with Crippen LogP contribution in [0.4, 0.5) is 0 Å². The zero-order valence-electron chi connectivity index (χ0n) is 7.70. The van der Waals surface area contributed by atoms with Gasteiger partial charge in [0.15, 0.2) is 0 Å². The second-order valence-electron chi connectivity index (χ2n) is 2.70. The van der Waals surface area contributed by atoms with Gasteiger partial charge in [-0.05, 0) is 11.1 Å². The number of hydrogen-bond acceptors (Lipinski definition) is 2. The van der Waals surface area contributed by atoms with E-state index in [1.165, 1.54) is 0 Å². The first-order valence-corrected chi connectivity index (χ1v) is 4.73. The molecule has 0 saturated heterocycles. The molecule has 0 amide bonds. The molecule has 74 valence electrons. The van der Waals surface area contributed by atoms with Gasteiger partial charge in [-0.2, -0.15) is 0 Å². The Hall–Kier alpha value is -1.28. The van der Waals surface area contributed by atoms with Crippen LogP contribution in [-0.2, 0) is 16.1 Å². The minimum Gasteiger partial charge on any atom is -0.460 e. The molecule has 0 N–H and O–H groups in total. The Morgan fingerprint density at radius 2 is 2.21 bits per heavy atom. The minimum absolute atomic E-state index is 0.115. The molecule has 3 heteroatoms. The quantitative estimate of drug-likeness (QED) is 0.564. The molecule has 0 radical (unpaired) electrons. The molecular formula is C11H11ClO2. The van der Waals surface area contributed by atoms with Crippen LogP contribution in [0.15, 0.2) is 30.8 Å². The maximum absolute atomic E-state index is 10.8. The average Bonchev–Trinajstić information content (AvgIpc) is 2.26. The lowest BCUT2D eigenvalue weighted by Crippen LogP contribution is -2.06. The van der Waals surface area contributed by atoms with Crippen LogP contribution >= 0.6 is 11.6 Å². The van der Waals surface area contributed by atoms with Crippen LogP contribution in [0.3, 0.4) is 0 Å². The topological polar surface area (TPSA) is 26.3 Å². The Bertz CT molecular complexity index is 334. The van der Waals surface area contributed by atoms with Crippen molar-refractivity contribution in [1.82, 2.24) is 0 Å². The summed E-state index contributed by atoms with van der Waals surface area (Å²) in [7, 11) is 0. The number of carbonyl (C=O) groups is 1. The van der Waals surface area contributed by atoms with Crippen molar-refractivity contribution in [3.63, 3.8) is 0 Å². The van der Waals surface area contributed by atoms with Crippen LogP contribution in [-0.4, -0.2) is 11.8 Å². The number of carbonyl (C=O) groups excluding carboxylic acids is 1. The van der Waals surface area contributed by atoms with Gasteiger partial charge in [-0.3, -0.25) is 4.79 Å². The molecule has 14 heavy (non-hydrogen) atoms. The Morgan fingerprint density at radius 1 is 1.50 bits per heavy atom. The van der Waals surface area contributed by atoms with Crippen LogP contribution in [0.2, 0.25) is 0 Å². The van der Waals surface area contributed by atoms with E-state index in [0.717, 1.165) is 11.1 Å². The summed E-state index contributed by atoms with van der Waals surface area (Å²) < 4.78 is 4.90. The second kappa shape index (κ2) is 5.45. The first-order valence-electron chi connectivity index (χ1n) is 4.20. The summed E-state index contributed by atoms with van der Waals surface area (Å²) in [5.41, 5.74) is 1.90. The molecule has 0 unspecified atom stereocenters. The highest BCUT2D eigenvalue weighted by Gasteiger charge is 2.02.